The fourth-order valence-corrected chi connectivity index (χ4v) is 3.90. The molecule has 1 fully saturated rings. The third kappa shape index (κ3) is 2.50. The van der Waals surface area contributed by atoms with Gasteiger partial charge >= 0.3 is 0 Å². The first-order valence-corrected chi connectivity index (χ1v) is 8.40. The highest BCUT2D eigenvalue weighted by atomic mass is 16.2. The molecule has 2 bridgehead atoms. The molecule has 0 saturated carbocycles. The Bertz CT molecular complexity index is 828. The quantitative estimate of drug-likeness (QED) is 0.940. The minimum absolute atomic E-state index is 0.0181. The number of nitrogens with zero attached hydrogens (tertiary/aromatic N) is 2. The van der Waals surface area contributed by atoms with Crippen LogP contribution >= 0.6 is 0 Å². The smallest absolute Gasteiger partial charge is 0.274 e. The summed E-state index contributed by atoms with van der Waals surface area (Å²) in [4.78, 5) is 27.0. The van der Waals surface area contributed by atoms with Gasteiger partial charge in [0, 0.05) is 32.4 Å². The fraction of sp³-hybridized carbons (Fsp3) is 0.368. The molecule has 124 valence electrons. The Morgan fingerprint density at radius 2 is 1.88 bits per heavy atom. The van der Waals surface area contributed by atoms with E-state index in [1.165, 1.54) is 0 Å². The first-order chi connectivity index (χ1) is 11.6. The molecule has 1 amide bonds. The Kier molecular flexibility index (Phi) is 3.63. The Morgan fingerprint density at radius 1 is 1.08 bits per heavy atom. The third-order valence-corrected chi connectivity index (χ3v) is 5.11. The number of likely N-dealkylation sites (N-methyl/N-ethyl adjacent to an activating group) is 1. The minimum atomic E-state index is -0.168. The van der Waals surface area contributed by atoms with Crippen LogP contribution in [0.2, 0.25) is 0 Å². The summed E-state index contributed by atoms with van der Waals surface area (Å²) in [5.41, 5.74) is 2.57. The second-order valence-corrected chi connectivity index (χ2v) is 6.80. The topological polar surface area (TPSA) is 54.3 Å². The molecular formula is C19H21N3O2. The van der Waals surface area contributed by atoms with Crippen LogP contribution in [-0.4, -0.2) is 29.0 Å². The average Bonchev–Trinajstić information content (AvgIpc) is 2.60. The predicted molar refractivity (Wildman–Crippen MR) is 93.0 cm³/mol. The molecule has 5 nitrogen and oxygen atoms in total. The Morgan fingerprint density at radius 3 is 2.67 bits per heavy atom. The highest BCUT2D eigenvalue weighted by molar-refractivity contribution is 5.84. The highest BCUT2D eigenvalue weighted by Gasteiger charge is 2.39. The van der Waals surface area contributed by atoms with Crippen molar-refractivity contribution in [2.45, 2.75) is 25.4 Å². The maximum Gasteiger partial charge on any atom is 0.274 e. The molecule has 1 aromatic heterocycles. The predicted octanol–water partition coefficient (Wildman–Crippen LogP) is 2.04. The normalized spacial score (nSPS) is 22.2. The third-order valence-electron chi connectivity index (χ3n) is 5.11. The van der Waals surface area contributed by atoms with Crippen LogP contribution in [0, 0.1) is 5.92 Å². The molecule has 2 aromatic rings. The lowest BCUT2D eigenvalue weighted by atomic mass is 9.82. The van der Waals surface area contributed by atoms with Gasteiger partial charge in [-0.05, 0) is 30.0 Å². The van der Waals surface area contributed by atoms with E-state index in [0.29, 0.717) is 24.7 Å². The van der Waals surface area contributed by atoms with Gasteiger partial charge in [-0.2, -0.15) is 0 Å². The van der Waals surface area contributed by atoms with Gasteiger partial charge in [-0.25, -0.2) is 0 Å². The number of rotatable bonds is 3. The fourth-order valence-electron chi connectivity index (χ4n) is 3.90. The lowest BCUT2D eigenvalue weighted by Crippen LogP contribution is -2.49. The average molecular weight is 323 g/mol. The summed E-state index contributed by atoms with van der Waals surface area (Å²) in [5, 5.41) is 3.24. The van der Waals surface area contributed by atoms with E-state index >= 15 is 0 Å². The van der Waals surface area contributed by atoms with Gasteiger partial charge in [-0.1, -0.05) is 30.3 Å². The van der Waals surface area contributed by atoms with E-state index < -0.39 is 0 Å². The molecule has 24 heavy (non-hydrogen) atoms. The van der Waals surface area contributed by atoms with Gasteiger partial charge in [0.15, 0.2) is 0 Å². The van der Waals surface area contributed by atoms with Gasteiger partial charge in [-0.3, -0.25) is 9.59 Å². The van der Waals surface area contributed by atoms with Crippen molar-refractivity contribution < 1.29 is 4.79 Å². The highest BCUT2D eigenvalue weighted by Crippen LogP contribution is 2.35. The molecule has 2 aliphatic heterocycles. The number of amides is 1. The summed E-state index contributed by atoms with van der Waals surface area (Å²) in [7, 11) is 1.85. The van der Waals surface area contributed by atoms with E-state index in [1.54, 1.807) is 9.47 Å². The SMILES string of the molecule is CN1C[C@@H]2C[C@H](C1=O)c1ccc(NCc3ccccc3)c(=O)n1C2. The van der Waals surface area contributed by atoms with Crippen LogP contribution in [0.1, 0.15) is 23.6 Å². The molecule has 0 aliphatic carbocycles. The summed E-state index contributed by atoms with van der Waals surface area (Å²) < 4.78 is 1.80. The van der Waals surface area contributed by atoms with Crippen molar-refractivity contribution in [2.75, 3.05) is 18.9 Å². The molecule has 0 radical (unpaired) electrons. The number of hydrogen-bond donors (Lipinski definition) is 1. The number of anilines is 1. The van der Waals surface area contributed by atoms with Gasteiger partial charge in [0.1, 0.15) is 5.69 Å². The van der Waals surface area contributed by atoms with Crippen molar-refractivity contribution in [2.24, 2.45) is 5.92 Å². The van der Waals surface area contributed by atoms with Crippen LogP contribution in [-0.2, 0) is 17.9 Å². The van der Waals surface area contributed by atoms with Gasteiger partial charge in [0.25, 0.3) is 5.56 Å². The molecule has 0 spiro atoms. The number of aromatic nitrogens is 1. The van der Waals surface area contributed by atoms with Crippen LogP contribution in [0.3, 0.4) is 0 Å². The summed E-state index contributed by atoms with van der Waals surface area (Å²) >= 11 is 0. The van der Waals surface area contributed by atoms with Crippen molar-refractivity contribution in [1.29, 1.82) is 0 Å². The lowest BCUT2D eigenvalue weighted by Gasteiger charge is -2.40. The molecule has 3 heterocycles. The van der Waals surface area contributed by atoms with Crippen LogP contribution in [0.25, 0.3) is 0 Å². The standard InChI is InChI=1S/C19H21N3O2/c1-21-11-14-9-15(18(21)23)17-8-7-16(19(24)22(17)12-14)20-10-13-5-3-2-4-6-13/h2-8,14-15,20H,9-12H2,1H3/t14-,15-/m0/s1. The monoisotopic (exact) mass is 323 g/mol. The van der Waals surface area contributed by atoms with E-state index in [9.17, 15) is 9.59 Å². The van der Waals surface area contributed by atoms with E-state index in [2.05, 4.69) is 5.32 Å². The number of carbonyl (C=O) groups is 1. The number of nitrogens with one attached hydrogen (secondary N) is 1. The van der Waals surface area contributed by atoms with Crippen LogP contribution in [0.15, 0.2) is 47.3 Å². The molecule has 4 rings (SSSR count). The number of hydrogen-bond acceptors (Lipinski definition) is 3. The zero-order valence-corrected chi connectivity index (χ0v) is 13.7. The number of fused-ring (bicyclic) bond motifs is 4. The number of pyridine rings is 1. The maximum absolute atomic E-state index is 12.8. The summed E-state index contributed by atoms with van der Waals surface area (Å²) in [6.45, 7) is 2.05. The van der Waals surface area contributed by atoms with Crippen LogP contribution < -0.4 is 10.9 Å². The Labute approximate surface area is 140 Å². The maximum atomic E-state index is 12.8. The molecular weight excluding hydrogens is 302 g/mol. The largest absolute Gasteiger partial charge is 0.377 e. The lowest BCUT2D eigenvalue weighted by molar-refractivity contribution is -0.136. The van der Waals surface area contributed by atoms with Crippen molar-refractivity contribution in [1.82, 2.24) is 9.47 Å². The second kappa shape index (κ2) is 5.82. The number of benzene rings is 1. The Balaban J connectivity index is 1.63. The van der Waals surface area contributed by atoms with Crippen LogP contribution in [0.5, 0.6) is 0 Å². The van der Waals surface area contributed by atoms with E-state index in [0.717, 1.165) is 24.2 Å². The van der Waals surface area contributed by atoms with Crippen molar-refractivity contribution in [3.05, 3.63) is 64.1 Å². The summed E-state index contributed by atoms with van der Waals surface area (Å²) in [5.74, 6) is 0.328. The van der Waals surface area contributed by atoms with Crippen molar-refractivity contribution in [3.8, 4) is 0 Å². The number of piperidine rings is 1. The molecule has 2 aliphatic rings. The zero-order valence-electron chi connectivity index (χ0n) is 13.7. The number of likely N-dealkylation sites (tertiary alicyclic amines) is 1. The van der Waals surface area contributed by atoms with Crippen molar-refractivity contribution >= 4 is 11.6 Å². The second-order valence-electron chi connectivity index (χ2n) is 6.80. The van der Waals surface area contributed by atoms with E-state index in [-0.39, 0.29) is 17.4 Å². The molecule has 1 aromatic carbocycles. The first kappa shape index (κ1) is 15.0. The molecule has 2 atom stereocenters. The van der Waals surface area contributed by atoms with Gasteiger partial charge in [0.05, 0.1) is 5.92 Å². The minimum Gasteiger partial charge on any atom is -0.377 e. The van der Waals surface area contributed by atoms with Gasteiger partial charge < -0.3 is 14.8 Å². The summed E-state index contributed by atoms with van der Waals surface area (Å²) in [6.07, 6.45) is 0.861. The Hall–Kier alpha value is -2.56. The van der Waals surface area contributed by atoms with Crippen LogP contribution in [0.4, 0.5) is 5.69 Å². The van der Waals surface area contributed by atoms with Gasteiger partial charge in [0.2, 0.25) is 5.91 Å². The van der Waals surface area contributed by atoms with E-state index in [1.807, 2.05) is 49.5 Å². The molecule has 1 N–H and O–H groups in total. The van der Waals surface area contributed by atoms with E-state index in [4.69, 9.17) is 0 Å². The first-order valence-electron chi connectivity index (χ1n) is 8.40. The summed E-state index contributed by atoms with van der Waals surface area (Å²) in [6, 6.07) is 13.8. The molecule has 1 saturated heterocycles. The zero-order chi connectivity index (χ0) is 16.7. The van der Waals surface area contributed by atoms with Crippen molar-refractivity contribution in [3.63, 3.8) is 0 Å². The number of carbonyl (C=O) groups excluding carboxylic acids is 1. The molecule has 5 heteroatoms. The van der Waals surface area contributed by atoms with Gasteiger partial charge in [-0.15, -0.1) is 0 Å². The molecule has 0 unspecified atom stereocenters.